The van der Waals surface area contributed by atoms with Gasteiger partial charge in [-0.2, -0.15) is 13.2 Å². The summed E-state index contributed by atoms with van der Waals surface area (Å²) < 4.78 is 45.2. The number of aromatic amines is 1. The fraction of sp³-hybridized carbons (Fsp3) is 0.348. The third-order valence-corrected chi connectivity index (χ3v) is 6.17. The molecule has 7 nitrogen and oxygen atoms in total. The fourth-order valence-corrected chi connectivity index (χ4v) is 4.53. The zero-order chi connectivity index (χ0) is 23.2. The van der Waals surface area contributed by atoms with Crippen LogP contribution >= 0.6 is 0 Å². The number of imide groups is 1. The van der Waals surface area contributed by atoms with Crippen molar-refractivity contribution in [1.29, 1.82) is 0 Å². The Morgan fingerprint density at radius 1 is 1.06 bits per heavy atom. The molecule has 0 radical (unpaired) electrons. The molecule has 1 saturated heterocycles. The van der Waals surface area contributed by atoms with Crippen molar-refractivity contribution in [3.8, 4) is 5.75 Å². The maximum Gasteiger partial charge on any atom is 0.416 e. The normalized spacial score (nSPS) is 21.8. The highest BCUT2D eigenvalue weighted by molar-refractivity contribution is 6.12. The zero-order valence-electron chi connectivity index (χ0n) is 17.5. The Morgan fingerprint density at radius 2 is 1.85 bits per heavy atom. The number of benzene rings is 1. The topological polar surface area (TPSA) is 78.5 Å². The maximum absolute atomic E-state index is 13.1. The highest BCUT2D eigenvalue weighted by atomic mass is 19.4. The van der Waals surface area contributed by atoms with E-state index < -0.39 is 23.7 Å². The molecule has 172 valence electrons. The van der Waals surface area contributed by atoms with E-state index in [0.717, 1.165) is 28.1 Å². The third-order valence-electron chi connectivity index (χ3n) is 6.17. The predicted octanol–water partition coefficient (Wildman–Crippen LogP) is 4.74. The molecule has 3 heterocycles. The molecule has 5 rings (SSSR count). The lowest BCUT2D eigenvalue weighted by Crippen LogP contribution is -2.44. The van der Waals surface area contributed by atoms with Crippen LogP contribution in [0.15, 0.2) is 48.8 Å². The smallest absolute Gasteiger partial charge is 0.416 e. The first kappa shape index (κ1) is 21.3. The van der Waals surface area contributed by atoms with Crippen LogP contribution in [0.25, 0.3) is 11.0 Å². The van der Waals surface area contributed by atoms with Crippen LogP contribution in [0, 0.1) is 0 Å². The predicted molar refractivity (Wildman–Crippen MR) is 114 cm³/mol. The quantitative estimate of drug-likeness (QED) is 0.573. The third kappa shape index (κ3) is 4.12. The van der Waals surface area contributed by atoms with Gasteiger partial charge in [0.1, 0.15) is 17.9 Å². The van der Waals surface area contributed by atoms with E-state index in [4.69, 9.17) is 4.74 Å². The van der Waals surface area contributed by atoms with E-state index in [1.54, 1.807) is 12.4 Å². The number of H-pyrrole nitrogens is 1. The molecule has 1 aromatic carbocycles. The first-order valence-corrected chi connectivity index (χ1v) is 10.7. The van der Waals surface area contributed by atoms with E-state index in [-0.39, 0.29) is 24.4 Å². The van der Waals surface area contributed by atoms with Crippen LogP contribution in [0.5, 0.6) is 5.75 Å². The molecule has 3 aromatic rings. The number of nitrogens with zero attached hydrogens (tertiary/aromatic N) is 3. The number of halogens is 3. The van der Waals surface area contributed by atoms with E-state index in [0.29, 0.717) is 31.4 Å². The van der Waals surface area contributed by atoms with Gasteiger partial charge in [0.05, 0.1) is 17.9 Å². The average molecular weight is 458 g/mol. The van der Waals surface area contributed by atoms with Gasteiger partial charge >= 0.3 is 12.2 Å². The van der Waals surface area contributed by atoms with E-state index in [1.807, 2.05) is 12.1 Å². The minimum atomic E-state index is -4.53. The number of urea groups is 1. The van der Waals surface area contributed by atoms with Crippen molar-refractivity contribution in [2.75, 3.05) is 11.4 Å². The van der Waals surface area contributed by atoms with E-state index in [2.05, 4.69) is 9.97 Å². The lowest BCUT2D eigenvalue weighted by molar-refractivity contribution is -0.137. The largest absolute Gasteiger partial charge is 0.489 e. The number of fused-ring (bicyclic) bond motifs is 1. The van der Waals surface area contributed by atoms with E-state index >= 15 is 0 Å². The van der Waals surface area contributed by atoms with Crippen molar-refractivity contribution in [2.24, 2.45) is 0 Å². The van der Waals surface area contributed by atoms with Gasteiger partial charge < -0.3 is 9.72 Å². The molecule has 0 spiro atoms. The second-order valence-corrected chi connectivity index (χ2v) is 8.32. The lowest BCUT2D eigenvalue weighted by atomic mass is 9.92. The molecule has 2 fully saturated rings. The minimum Gasteiger partial charge on any atom is -0.489 e. The van der Waals surface area contributed by atoms with Crippen molar-refractivity contribution in [3.63, 3.8) is 0 Å². The monoisotopic (exact) mass is 458 g/mol. The zero-order valence-corrected chi connectivity index (χ0v) is 17.5. The summed E-state index contributed by atoms with van der Waals surface area (Å²) in [5, 5.41) is 0.948. The van der Waals surface area contributed by atoms with Crippen molar-refractivity contribution in [3.05, 3.63) is 54.4 Å². The van der Waals surface area contributed by atoms with E-state index in [9.17, 15) is 22.8 Å². The molecule has 1 saturated carbocycles. The number of carbonyl (C=O) groups is 2. The summed E-state index contributed by atoms with van der Waals surface area (Å²) in [6, 6.07) is 7.42. The van der Waals surface area contributed by atoms with Crippen molar-refractivity contribution in [2.45, 2.75) is 44.0 Å². The lowest BCUT2D eigenvalue weighted by Gasteiger charge is -2.33. The summed E-state index contributed by atoms with van der Waals surface area (Å²) in [5.41, 5.74) is -0.0125. The summed E-state index contributed by atoms with van der Waals surface area (Å²) in [6.45, 7) is -0.265. The number of pyridine rings is 1. The number of nitrogens with one attached hydrogen (secondary N) is 1. The number of ether oxygens (including phenoxy) is 1. The summed E-state index contributed by atoms with van der Waals surface area (Å²) in [5.74, 6) is 0.262. The first-order chi connectivity index (χ1) is 15.8. The summed E-state index contributed by atoms with van der Waals surface area (Å²) in [7, 11) is 0. The molecular formula is C23H21F3N4O3. The van der Waals surface area contributed by atoms with Crippen LogP contribution in [-0.4, -0.2) is 45.5 Å². The molecular weight excluding hydrogens is 437 g/mol. The van der Waals surface area contributed by atoms with Crippen LogP contribution in [0.1, 0.15) is 31.2 Å². The SMILES string of the molecule is O=C1CN(c2cccc(C(F)(F)F)c2)C(=O)N1[C@H]1CC[C@H](Oc2cnc3[nH]ccc3c2)CC1. The summed E-state index contributed by atoms with van der Waals surface area (Å²) >= 11 is 0. The molecule has 0 bridgehead atoms. The van der Waals surface area contributed by atoms with Crippen LogP contribution < -0.4 is 9.64 Å². The number of alkyl halides is 3. The molecule has 10 heteroatoms. The van der Waals surface area contributed by atoms with Gasteiger partial charge in [0.2, 0.25) is 0 Å². The Labute approximate surface area is 187 Å². The highest BCUT2D eigenvalue weighted by Gasteiger charge is 2.43. The number of rotatable bonds is 4. The second-order valence-electron chi connectivity index (χ2n) is 8.32. The second kappa shape index (κ2) is 8.09. The van der Waals surface area contributed by atoms with Gasteiger partial charge in [0.25, 0.3) is 5.91 Å². The van der Waals surface area contributed by atoms with Gasteiger partial charge in [-0.25, -0.2) is 9.78 Å². The van der Waals surface area contributed by atoms with Gasteiger partial charge in [-0.3, -0.25) is 14.6 Å². The molecule has 1 aliphatic heterocycles. The Morgan fingerprint density at radius 3 is 2.61 bits per heavy atom. The van der Waals surface area contributed by atoms with Gasteiger partial charge in [-0.05, 0) is 56.0 Å². The first-order valence-electron chi connectivity index (χ1n) is 10.7. The number of carbonyl (C=O) groups excluding carboxylic acids is 2. The Balaban J connectivity index is 1.23. The number of aromatic nitrogens is 2. The minimum absolute atomic E-state index is 0.0631. The molecule has 2 aromatic heterocycles. The van der Waals surface area contributed by atoms with Gasteiger partial charge in [-0.15, -0.1) is 0 Å². The highest BCUT2D eigenvalue weighted by Crippen LogP contribution is 2.34. The Bertz CT molecular complexity index is 1200. The van der Waals surface area contributed by atoms with Crippen LogP contribution in [0.2, 0.25) is 0 Å². The van der Waals surface area contributed by atoms with Crippen molar-refractivity contribution < 1.29 is 27.5 Å². The fourth-order valence-electron chi connectivity index (χ4n) is 4.53. The molecule has 1 aliphatic carbocycles. The molecule has 33 heavy (non-hydrogen) atoms. The Hall–Kier alpha value is -3.56. The number of hydrogen-bond donors (Lipinski definition) is 1. The molecule has 0 unspecified atom stereocenters. The average Bonchev–Trinajstić information content (AvgIpc) is 3.37. The van der Waals surface area contributed by atoms with Gasteiger partial charge in [-0.1, -0.05) is 6.07 Å². The van der Waals surface area contributed by atoms with Crippen molar-refractivity contribution >= 4 is 28.7 Å². The van der Waals surface area contributed by atoms with Crippen molar-refractivity contribution in [1.82, 2.24) is 14.9 Å². The molecule has 0 atom stereocenters. The standard InChI is InChI=1S/C23H21F3N4O3/c24-23(25,26)15-2-1-3-17(11-15)29-13-20(31)30(22(29)32)16-4-6-18(7-5-16)33-19-10-14-8-9-27-21(14)28-12-19/h1-3,8-12,16,18H,4-7,13H2,(H,27,28)/t16-,18-. The van der Waals surface area contributed by atoms with Crippen LogP contribution in [-0.2, 0) is 11.0 Å². The number of anilines is 1. The van der Waals surface area contributed by atoms with E-state index in [1.165, 1.54) is 17.0 Å². The van der Waals surface area contributed by atoms with Crippen LogP contribution in [0.4, 0.5) is 23.7 Å². The number of hydrogen-bond acceptors (Lipinski definition) is 4. The van der Waals surface area contributed by atoms with Gasteiger partial charge in [0, 0.05) is 23.3 Å². The molecule has 2 aliphatic rings. The summed E-state index contributed by atoms with van der Waals surface area (Å²) in [6.07, 6.45) is 1.31. The van der Waals surface area contributed by atoms with Gasteiger partial charge in [0.15, 0.2) is 0 Å². The molecule has 1 N–H and O–H groups in total. The summed E-state index contributed by atoms with van der Waals surface area (Å²) in [4.78, 5) is 35.2. The Kier molecular flexibility index (Phi) is 5.22. The number of amides is 3. The molecule has 3 amide bonds. The van der Waals surface area contributed by atoms with Crippen LogP contribution in [0.3, 0.4) is 0 Å². The maximum atomic E-state index is 13.1.